The van der Waals surface area contributed by atoms with E-state index in [1.165, 1.54) is 6.92 Å². The fraction of sp³-hybridized carbons (Fsp3) is 0.200. The first-order valence-corrected chi connectivity index (χ1v) is 8.89. The molecule has 4 aromatic rings. The summed E-state index contributed by atoms with van der Waals surface area (Å²) in [5.74, 6) is 0.606. The van der Waals surface area contributed by atoms with Gasteiger partial charge in [-0.3, -0.25) is 9.36 Å². The quantitative estimate of drug-likeness (QED) is 0.565. The summed E-state index contributed by atoms with van der Waals surface area (Å²) in [6.07, 6.45) is 0. The molecule has 2 N–H and O–H groups in total. The Morgan fingerprint density at radius 2 is 2.00 bits per heavy atom. The molecule has 2 heterocycles. The summed E-state index contributed by atoms with van der Waals surface area (Å²) in [7, 11) is 0. The number of fused-ring (bicyclic) bond motifs is 1. The predicted octanol–water partition coefficient (Wildman–Crippen LogP) is 3.59. The fourth-order valence-corrected chi connectivity index (χ4v) is 3.17. The van der Waals surface area contributed by atoms with Gasteiger partial charge in [0.15, 0.2) is 0 Å². The van der Waals surface area contributed by atoms with Gasteiger partial charge >= 0.3 is 5.69 Å². The molecule has 0 aliphatic rings. The second-order valence-corrected chi connectivity index (χ2v) is 6.81. The molecule has 8 heteroatoms. The lowest BCUT2D eigenvalue weighted by Crippen LogP contribution is -2.18. The fourth-order valence-electron chi connectivity index (χ4n) is 3.17. The van der Waals surface area contributed by atoms with E-state index in [1.54, 1.807) is 22.8 Å². The minimum absolute atomic E-state index is 0.0553. The molecule has 142 valence electrons. The monoisotopic (exact) mass is 377 g/mol. The van der Waals surface area contributed by atoms with Crippen LogP contribution in [0.4, 0.5) is 5.69 Å². The van der Waals surface area contributed by atoms with Crippen molar-refractivity contribution in [2.45, 2.75) is 26.8 Å². The van der Waals surface area contributed by atoms with Crippen molar-refractivity contribution in [3.8, 4) is 22.8 Å². The highest BCUT2D eigenvalue weighted by atomic mass is 16.5. The van der Waals surface area contributed by atoms with Gasteiger partial charge in [-0.1, -0.05) is 11.2 Å². The maximum absolute atomic E-state index is 12.2. The SMILES string of the molecule is CC(=O)Nc1cccc(-c2nc(-c3ccc4c(c3)[nH]c(=O)n4C(C)C)no2)c1. The highest BCUT2D eigenvalue weighted by Gasteiger charge is 2.14. The van der Waals surface area contributed by atoms with Gasteiger partial charge in [-0.05, 0) is 50.2 Å². The third-order valence-corrected chi connectivity index (χ3v) is 4.35. The second-order valence-electron chi connectivity index (χ2n) is 6.81. The van der Waals surface area contributed by atoms with Crippen molar-refractivity contribution in [1.82, 2.24) is 19.7 Å². The van der Waals surface area contributed by atoms with Gasteiger partial charge in [0.05, 0.1) is 11.0 Å². The average Bonchev–Trinajstić information content (AvgIpc) is 3.24. The van der Waals surface area contributed by atoms with Gasteiger partial charge in [0.25, 0.3) is 5.89 Å². The summed E-state index contributed by atoms with van der Waals surface area (Å²) in [5.41, 5.74) is 3.48. The van der Waals surface area contributed by atoms with Crippen molar-refractivity contribution >= 4 is 22.6 Å². The van der Waals surface area contributed by atoms with Crippen LogP contribution in [0.3, 0.4) is 0 Å². The first kappa shape index (κ1) is 17.7. The number of carbonyl (C=O) groups is 1. The summed E-state index contributed by atoms with van der Waals surface area (Å²) >= 11 is 0. The normalized spacial score (nSPS) is 11.3. The Labute approximate surface area is 160 Å². The third-order valence-electron chi connectivity index (χ3n) is 4.35. The van der Waals surface area contributed by atoms with Crippen molar-refractivity contribution in [2.75, 3.05) is 5.32 Å². The first-order valence-electron chi connectivity index (χ1n) is 8.89. The number of hydrogen-bond donors (Lipinski definition) is 2. The van der Waals surface area contributed by atoms with Gasteiger partial charge < -0.3 is 14.8 Å². The molecule has 0 unspecified atom stereocenters. The van der Waals surface area contributed by atoms with E-state index in [9.17, 15) is 9.59 Å². The largest absolute Gasteiger partial charge is 0.334 e. The van der Waals surface area contributed by atoms with E-state index in [-0.39, 0.29) is 17.6 Å². The zero-order valence-corrected chi connectivity index (χ0v) is 15.7. The molecule has 2 aromatic heterocycles. The molecular formula is C20H19N5O3. The Kier molecular flexibility index (Phi) is 4.31. The van der Waals surface area contributed by atoms with Gasteiger partial charge in [-0.15, -0.1) is 0 Å². The number of aromatic amines is 1. The van der Waals surface area contributed by atoms with E-state index in [0.29, 0.717) is 23.0 Å². The van der Waals surface area contributed by atoms with Crippen LogP contribution in [0.1, 0.15) is 26.8 Å². The molecule has 0 spiro atoms. The van der Waals surface area contributed by atoms with Crippen molar-refractivity contribution in [1.29, 1.82) is 0 Å². The Morgan fingerprint density at radius 3 is 2.75 bits per heavy atom. The van der Waals surface area contributed by atoms with Crippen molar-refractivity contribution < 1.29 is 9.32 Å². The van der Waals surface area contributed by atoms with E-state index in [2.05, 4.69) is 20.4 Å². The molecule has 0 saturated carbocycles. The van der Waals surface area contributed by atoms with Crippen LogP contribution in [0.25, 0.3) is 33.9 Å². The number of amides is 1. The molecule has 0 radical (unpaired) electrons. The highest BCUT2D eigenvalue weighted by Crippen LogP contribution is 2.26. The summed E-state index contributed by atoms with van der Waals surface area (Å²) in [6.45, 7) is 5.37. The van der Waals surface area contributed by atoms with Gasteiger partial charge in [0, 0.05) is 29.8 Å². The lowest BCUT2D eigenvalue weighted by atomic mass is 10.1. The van der Waals surface area contributed by atoms with E-state index < -0.39 is 0 Å². The maximum atomic E-state index is 12.2. The van der Waals surface area contributed by atoms with E-state index in [4.69, 9.17) is 4.52 Å². The molecule has 0 atom stereocenters. The van der Waals surface area contributed by atoms with Crippen LogP contribution in [-0.4, -0.2) is 25.6 Å². The number of nitrogens with one attached hydrogen (secondary N) is 2. The molecule has 2 aromatic carbocycles. The standard InChI is InChI=1S/C20H19N5O3/c1-11(2)25-17-8-7-13(10-16(17)22-20(25)27)18-23-19(28-24-18)14-5-4-6-15(9-14)21-12(3)26/h4-11H,1-3H3,(H,21,26)(H,22,27). The molecular weight excluding hydrogens is 358 g/mol. The van der Waals surface area contributed by atoms with E-state index in [0.717, 1.165) is 16.6 Å². The van der Waals surface area contributed by atoms with Crippen LogP contribution in [0.2, 0.25) is 0 Å². The summed E-state index contributed by atoms with van der Waals surface area (Å²) in [4.78, 5) is 30.7. The number of benzene rings is 2. The first-order chi connectivity index (χ1) is 13.4. The smallest absolute Gasteiger partial charge is 0.326 e. The van der Waals surface area contributed by atoms with Crippen LogP contribution in [0.5, 0.6) is 0 Å². The number of nitrogens with zero attached hydrogens (tertiary/aromatic N) is 3. The molecule has 0 fully saturated rings. The van der Waals surface area contributed by atoms with Gasteiger partial charge in [0.2, 0.25) is 11.7 Å². The minimum atomic E-state index is -0.154. The Bertz CT molecular complexity index is 1230. The van der Waals surface area contributed by atoms with E-state index in [1.807, 2.05) is 38.1 Å². The van der Waals surface area contributed by atoms with E-state index >= 15 is 0 Å². The summed E-state index contributed by atoms with van der Waals surface area (Å²) < 4.78 is 7.10. The number of H-pyrrole nitrogens is 1. The molecule has 0 bridgehead atoms. The van der Waals surface area contributed by atoms with Crippen molar-refractivity contribution in [3.63, 3.8) is 0 Å². The number of hydrogen-bond acceptors (Lipinski definition) is 5. The number of anilines is 1. The maximum Gasteiger partial charge on any atom is 0.326 e. The van der Waals surface area contributed by atoms with Gasteiger partial charge in [0.1, 0.15) is 0 Å². The lowest BCUT2D eigenvalue weighted by molar-refractivity contribution is -0.114. The second kappa shape index (κ2) is 6.80. The molecule has 8 nitrogen and oxygen atoms in total. The van der Waals surface area contributed by atoms with Crippen LogP contribution in [0, 0.1) is 0 Å². The zero-order chi connectivity index (χ0) is 19.8. The molecule has 0 aliphatic carbocycles. The molecule has 1 amide bonds. The molecule has 0 aliphatic heterocycles. The Morgan fingerprint density at radius 1 is 1.18 bits per heavy atom. The number of rotatable bonds is 4. The Balaban J connectivity index is 1.70. The lowest BCUT2D eigenvalue weighted by Gasteiger charge is -2.06. The minimum Gasteiger partial charge on any atom is -0.334 e. The zero-order valence-electron chi connectivity index (χ0n) is 15.7. The molecule has 4 rings (SSSR count). The number of carbonyl (C=O) groups excluding carboxylic acids is 1. The summed E-state index contributed by atoms with van der Waals surface area (Å²) in [5, 5.41) is 6.78. The molecule has 28 heavy (non-hydrogen) atoms. The van der Waals surface area contributed by atoms with Gasteiger partial charge in [-0.2, -0.15) is 4.98 Å². The van der Waals surface area contributed by atoms with Crippen LogP contribution in [-0.2, 0) is 4.79 Å². The Hall–Kier alpha value is -3.68. The molecule has 0 saturated heterocycles. The average molecular weight is 377 g/mol. The topological polar surface area (TPSA) is 106 Å². The number of aromatic nitrogens is 4. The highest BCUT2D eigenvalue weighted by molar-refractivity contribution is 5.89. The number of imidazole rings is 1. The van der Waals surface area contributed by atoms with Crippen LogP contribution < -0.4 is 11.0 Å². The predicted molar refractivity (Wildman–Crippen MR) is 106 cm³/mol. The van der Waals surface area contributed by atoms with Gasteiger partial charge in [-0.25, -0.2) is 4.79 Å². The van der Waals surface area contributed by atoms with Crippen molar-refractivity contribution in [3.05, 3.63) is 52.9 Å². The third kappa shape index (κ3) is 3.20. The van der Waals surface area contributed by atoms with Crippen LogP contribution >= 0.6 is 0 Å². The van der Waals surface area contributed by atoms with Crippen molar-refractivity contribution in [2.24, 2.45) is 0 Å². The summed E-state index contributed by atoms with van der Waals surface area (Å²) in [6, 6.07) is 12.8. The van der Waals surface area contributed by atoms with Crippen LogP contribution in [0.15, 0.2) is 51.8 Å².